The molecule has 5 rings (SSSR count). The van der Waals surface area contributed by atoms with Crippen molar-refractivity contribution in [2.75, 3.05) is 0 Å². The molecule has 2 heterocycles. The lowest BCUT2D eigenvalue weighted by Gasteiger charge is -2.12. The van der Waals surface area contributed by atoms with E-state index in [0.717, 1.165) is 47.4 Å². The Morgan fingerprint density at radius 3 is 2.38 bits per heavy atom. The standard InChI is InChI=1S/C30H25Br3N4O2/c1-4-29-35-28-12-7-22(31)14-26(28)30(38)37(29)34-16-21-13-18(2)36(19(21)3)24-8-10-25(11-9-24)39-17-20-5-6-23(32)15-27(20)33/h5-16H,4,17H2,1-3H3. The van der Waals surface area contributed by atoms with Gasteiger partial charge in [-0.05, 0) is 74.5 Å². The molecule has 0 aliphatic heterocycles. The van der Waals surface area contributed by atoms with Gasteiger partial charge >= 0.3 is 0 Å². The Morgan fingerprint density at radius 2 is 1.67 bits per heavy atom. The molecule has 198 valence electrons. The van der Waals surface area contributed by atoms with E-state index in [2.05, 4.69) is 75.4 Å². The summed E-state index contributed by atoms with van der Waals surface area (Å²) in [7, 11) is 0. The van der Waals surface area contributed by atoms with Crippen LogP contribution in [0.15, 0.2) is 90.0 Å². The molecule has 0 atom stereocenters. The zero-order valence-corrected chi connectivity index (χ0v) is 26.3. The van der Waals surface area contributed by atoms with Crippen molar-refractivity contribution >= 4 is 64.9 Å². The van der Waals surface area contributed by atoms with Gasteiger partial charge in [0.2, 0.25) is 0 Å². The minimum Gasteiger partial charge on any atom is -0.489 e. The maximum Gasteiger partial charge on any atom is 0.282 e. The number of nitrogens with zero attached hydrogens (tertiary/aromatic N) is 4. The highest BCUT2D eigenvalue weighted by atomic mass is 79.9. The molecule has 0 spiro atoms. The van der Waals surface area contributed by atoms with Crippen molar-refractivity contribution in [2.24, 2.45) is 5.10 Å². The van der Waals surface area contributed by atoms with Crippen molar-refractivity contribution in [3.05, 3.63) is 119 Å². The largest absolute Gasteiger partial charge is 0.489 e. The van der Waals surface area contributed by atoms with Crippen molar-refractivity contribution < 1.29 is 4.74 Å². The monoisotopic (exact) mass is 710 g/mol. The molecule has 0 radical (unpaired) electrons. The summed E-state index contributed by atoms with van der Waals surface area (Å²) >= 11 is 10.5. The average Bonchev–Trinajstić information content (AvgIpc) is 3.20. The highest BCUT2D eigenvalue weighted by molar-refractivity contribution is 9.11. The van der Waals surface area contributed by atoms with Crippen LogP contribution in [0.3, 0.4) is 0 Å². The first-order valence-corrected chi connectivity index (χ1v) is 14.7. The van der Waals surface area contributed by atoms with Crippen molar-refractivity contribution in [1.29, 1.82) is 0 Å². The van der Waals surface area contributed by atoms with Gasteiger partial charge in [-0.2, -0.15) is 9.78 Å². The summed E-state index contributed by atoms with van der Waals surface area (Å²) in [4.78, 5) is 17.9. The second-order valence-electron chi connectivity index (χ2n) is 9.08. The van der Waals surface area contributed by atoms with E-state index in [-0.39, 0.29) is 5.56 Å². The summed E-state index contributed by atoms with van der Waals surface area (Å²) in [6.45, 7) is 6.53. The van der Waals surface area contributed by atoms with E-state index in [0.29, 0.717) is 29.8 Å². The van der Waals surface area contributed by atoms with Crippen LogP contribution in [0.4, 0.5) is 0 Å². The molecule has 0 fully saturated rings. The molecule has 0 aliphatic rings. The number of hydrogen-bond donors (Lipinski definition) is 0. The topological polar surface area (TPSA) is 61.4 Å². The summed E-state index contributed by atoms with van der Waals surface area (Å²) in [5.41, 5.74) is 5.58. The normalized spacial score (nSPS) is 11.5. The summed E-state index contributed by atoms with van der Waals surface area (Å²) in [5, 5.41) is 5.10. The molecule has 9 heteroatoms. The van der Waals surface area contributed by atoms with E-state index in [9.17, 15) is 4.79 Å². The van der Waals surface area contributed by atoms with E-state index in [4.69, 9.17) is 4.74 Å². The van der Waals surface area contributed by atoms with E-state index in [1.807, 2.05) is 68.4 Å². The fourth-order valence-electron chi connectivity index (χ4n) is 4.47. The minimum atomic E-state index is -0.186. The maximum atomic E-state index is 13.2. The highest BCUT2D eigenvalue weighted by Crippen LogP contribution is 2.25. The molecule has 0 saturated heterocycles. The molecule has 2 aromatic heterocycles. The Balaban J connectivity index is 1.40. The first kappa shape index (κ1) is 27.6. The van der Waals surface area contributed by atoms with Gasteiger partial charge in [0.05, 0.1) is 17.1 Å². The molecular formula is C30H25Br3N4O2. The lowest BCUT2D eigenvalue weighted by atomic mass is 10.2. The number of halogens is 3. The first-order chi connectivity index (χ1) is 18.7. The van der Waals surface area contributed by atoms with E-state index in [1.54, 1.807) is 12.3 Å². The quantitative estimate of drug-likeness (QED) is 0.160. The summed E-state index contributed by atoms with van der Waals surface area (Å²) in [6, 6.07) is 21.6. The lowest BCUT2D eigenvalue weighted by Crippen LogP contribution is -2.22. The van der Waals surface area contributed by atoms with Gasteiger partial charge in [0.1, 0.15) is 18.2 Å². The van der Waals surface area contributed by atoms with Gasteiger partial charge in [0.15, 0.2) is 0 Å². The van der Waals surface area contributed by atoms with Crippen LogP contribution in [-0.4, -0.2) is 20.4 Å². The third-order valence-corrected chi connectivity index (χ3v) is 8.20. The molecule has 5 aromatic rings. The average molecular weight is 713 g/mol. The van der Waals surface area contributed by atoms with Crippen molar-refractivity contribution in [2.45, 2.75) is 33.8 Å². The highest BCUT2D eigenvalue weighted by Gasteiger charge is 2.13. The smallest absolute Gasteiger partial charge is 0.282 e. The third-order valence-electron chi connectivity index (χ3n) is 6.48. The Labute approximate surface area is 251 Å². The van der Waals surface area contributed by atoms with E-state index >= 15 is 0 Å². The van der Waals surface area contributed by atoms with Crippen LogP contribution < -0.4 is 10.3 Å². The predicted molar refractivity (Wildman–Crippen MR) is 167 cm³/mol. The summed E-state index contributed by atoms with van der Waals surface area (Å²) < 4.78 is 12.4. The van der Waals surface area contributed by atoms with Crippen LogP contribution in [0.25, 0.3) is 16.6 Å². The molecule has 3 aromatic carbocycles. The summed E-state index contributed by atoms with van der Waals surface area (Å²) in [6.07, 6.45) is 2.32. The van der Waals surface area contributed by atoms with E-state index in [1.165, 1.54) is 4.68 Å². The number of benzene rings is 3. The van der Waals surface area contributed by atoms with Crippen molar-refractivity contribution in [3.8, 4) is 11.4 Å². The fourth-order valence-corrected chi connectivity index (χ4v) is 5.99. The number of aryl methyl sites for hydroxylation is 2. The Morgan fingerprint density at radius 1 is 0.949 bits per heavy atom. The number of aromatic nitrogens is 3. The van der Waals surface area contributed by atoms with E-state index < -0.39 is 0 Å². The second-order valence-corrected chi connectivity index (χ2v) is 11.8. The van der Waals surface area contributed by atoms with Gasteiger partial charge in [-0.15, -0.1) is 0 Å². The fraction of sp³-hybridized carbons (Fsp3) is 0.167. The summed E-state index contributed by atoms with van der Waals surface area (Å²) in [5.74, 6) is 1.41. The Bertz CT molecular complexity index is 1770. The minimum absolute atomic E-state index is 0.186. The molecule has 0 amide bonds. The Kier molecular flexibility index (Phi) is 8.21. The third kappa shape index (κ3) is 5.81. The number of fused-ring (bicyclic) bond motifs is 1. The molecule has 0 bridgehead atoms. The molecule has 39 heavy (non-hydrogen) atoms. The van der Waals surface area contributed by atoms with Gasteiger partial charge in [0.25, 0.3) is 5.56 Å². The number of rotatable bonds is 7. The zero-order chi connectivity index (χ0) is 27.7. The predicted octanol–water partition coefficient (Wildman–Crippen LogP) is 8.12. The van der Waals surface area contributed by atoms with Gasteiger partial charge < -0.3 is 9.30 Å². The van der Waals surface area contributed by atoms with Crippen LogP contribution in [0.5, 0.6) is 5.75 Å². The van der Waals surface area contributed by atoms with Crippen molar-refractivity contribution in [3.63, 3.8) is 0 Å². The molecule has 0 saturated carbocycles. The second kappa shape index (κ2) is 11.6. The van der Waals surface area contributed by atoms with Gasteiger partial charge in [-0.25, -0.2) is 4.98 Å². The van der Waals surface area contributed by atoms with Gasteiger partial charge in [-0.3, -0.25) is 4.79 Å². The molecular weight excluding hydrogens is 688 g/mol. The Hall–Kier alpha value is -3.01. The molecule has 6 nitrogen and oxygen atoms in total. The molecule has 0 aliphatic carbocycles. The first-order valence-electron chi connectivity index (χ1n) is 12.4. The lowest BCUT2D eigenvalue weighted by molar-refractivity contribution is 0.305. The van der Waals surface area contributed by atoms with Crippen LogP contribution in [-0.2, 0) is 13.0 Å². The van der Waals surface area contributed by atoms with Crippen LogP contribution in [0.2, 0.25) is 0 Å². The van der Waals surface area contributed by atoms with Crippen LogP contribution in [0, 0.1) is 13.8 Å². The van der Waals surface area contributed by atoms with Crippen LogP contribution >= 0.6 is 47.8 Å². The zero-order valence-electron chi connectivity index (χ0n) is 21.6. The number of ether oxygens (including phenoxy) is 1. The van der Waals surface area contributed by atoms with Gasteiger partial charge in [0, 0.05) is 48.0 Å². The maximum absolute atomic E-state index is 13.2. The molecule has 0 unspecified atom stereocenters. The van der Waals surface area contributed by atoms with Crippen LogP contribution in [0.1, 0.15) is 35.3 Å². The van der Waals surface area contributed by atoms with Gasteiger partial charge in [-0.1, -0.05) is 60.8 Å². The number of hydrogen-bond acceptors (Lipinski definition) is 4. The molecule has 0 N–H and O–H groups in total. The SMILES string of the molecule is CCc1nc2ccc(Br)cc2c(=O)n1N=Cc1cc(C)n(-c2ccc(OCc3ccc(Br)cc3Br)cc2)c1C. The van der Waals surface area contributed by atoms with Crippen molar-refractivity contribution in [1.82, 2.24) is 14.2 Å².